The van der Waals surface area contributed by atoms with Gasteiger partial charge in [-0.3, -0.25) is 0 Å². The van der Waals surface area contributed by atoms with Crippen LogP contribution in [0.15, 0.2) is 206 Å². The molecule has 0 aliphatic rings. The van der Waals surface area contributed by atoms with Crippen molar-refractivity contribution in [1.29, 1.82) is 0 Å². The number of benzene rings is 10. The molecule has 52 heavy (non-hydrogen) atoms. The van der Waals surface area contributed by atoms with E-state index in [2.05, 4.69) is 206 Å². The summed E-state index contributed by atoms with van der Waals surface area (Å²) >= 11 is 0. The molecule has 0 heteroatoms. The first-order valence-electron chi connectivity index (χ1n) is 18.0. The minimum atomic E-state index is 1.23. The van der Waals surface area contributed by atoms with Gasteiger partial charge in [-0.25, -0.2) is 0 Å². The van der Waals surface area contributed by atoms with E-state index in [-0.39, 0.29) is 0 Å². The molecule has 0 heterocycles. The highest BCUT2D eigenvalue weighted by atomic mass is 14.2. The summed E-state index contributed by atoms with van der Waals surface area (Å²) in [6.45, 7) is 0. The molecule has 0 spiro atoms. The smallest absolute Gasteiger partial charge is 0.00262 e. The van der Waals surface area contributed by atoms with E-state index in [4.69, 9.17) is 0 Å². The summed E-state index contributed by atoms with van der Waals surface area (Å²) in [7, 11) is 0. The first-order valence-corrected chi connectivity index (χ1v) is 18.0. The molecule has 0 bridgehead atoms. The van der Waals surface area contributed by atoms with E-state index in [1.165, 1.54) is 98.7 Å². The van der Waals surface area contributed by atoms with Crippen molar-refractivity contribution >= 4 is 43.1 Å². The van der Waals surface area contributed by atoms with Crippen molar-refractivity contribution in [3.63, 3.8) is 0 Å². The van der Waals surface area contributed by atoms with E-state index in [0.29, 0.717) is 0 Å². The lowest BCUT2D eigenvalue weighted by Gasteiger charge is -2.18. The van der Waals surface area contributed by atoms with Gasteiger partial charge in [0.15, 0.2) is 0 Å². The second-order valence-corrected chi connectivity index (χ2v) is 13.6. The Balaban J connectivity index is 1.11. The molecule has 10 aromatic rings. The maximum atomic E-state index is 2.38. The van der Waals surface area contributed by atoms with Crippen molar-refractivity contribution in [2.45, 2.75) is 0 Å². The summed E-state index contributed by atoms with van der Waals surface area (Å²) in [5.74, 6) is 0. The van der Waals surface area contributed by atoms with Gasteiger partial charge in [-0.1, -0.05) is 194 Å². The molecular formula is C52H34. The molecular weight excluding hydrogens is 625 g/mol. The summed E-state index contributed by atoms with van der Waals surface area (Å²) in [5, 5.41) is 10.1. The minimum Gasteiger partial charge on any atom is -0.0622 e. The van der Waals surface area contributed by atoms with Gasteiger partial charge < -0.3 is 0 Å². The van der Waals surface area contributed by atoms with Crippen molar-refractivity contribution in [2.75, 3.05) is 0 Å². The number of fused-ring (bicyclic) bond motifs is 4. The zero-order chi connectivity index (χ0) is 34.4. The summed E-state index contributed by atoms with van der Waals surface area (Å²) in [6, 6.07) is 75.4. The van der Waals surface area contributed by atoms with Crippen LogP contribution in [-0.2, 0) is 0 Å². The Morgan fingerprint density at radius 1 is 0.212 bits per heavy atom. The van der Waals surface area contributed by atoms with E-state index in [9.17, 15) is 0 Å². The Hall–Kier alpha value is -6.76. The predicted molar refractivity (Wildman–Crippen MR) is 224 cm³/mol. The number of hydrogen-bond acceptors (Lipinski definition) is 0. The van der Waals surface area contributed by atoms with Crippen LogP contribution in [0.5, 0.6) is 0 Å². The van der Waals surface area contributed by atoms with Gasteiger partial charge in [0.1, 0.15) is 0 Å². The third-order valence-electron chi connectivity index (χ3n) is 10.6. The summed E-state index contributed by atoms with van der Waals surface area (Å²) in [4.78, 5) is 0. The van der Waals surface area contributed by atoms with E-state index >= 15 is 0 Å². The minimum absolute atomic E-state index is 1.23. The highest BCUT2D eigenvalue weighted by Gasteiger charge is 2.17. The fourth-order valence-corrected chi connectivity index (χ4v) is 8.22. The van der Waals surface area contributed by atoms with Crippen LogP contribution in [-0.4, -0.2) is 0 Å². The van der Waals surface area contributed by atoms with Gasteiger partial charge in [-0.15, -0.1) is 0 Å². The van der Waals surface area contributed by atoms with Crippen LogP contribution in [0.2, 0.25) is 0 Å². The zero-order valence-electron chi connectivity index (χ0n) is 28.6. The van der Waals surface area contributed by atoms with Crippen LogP contribution < -0.4 is 0 Å². The van der Waals surface area contributed by atoms with Crippen molar-refractivity contribution < 1.29 is 0 Å². The molecule has 0 aliphatic heterocycles. The molecule has 242 valence electrons. The topological polar surface area (TPSA) is 0 Å². The Labute approximate surface area is 303 Å². The molecule has 0 saturated heterocycles. The van der Waals surface area contributed by atoms with Crippen LogP contribution in [0.25, 0.3) is 98.7 Å². The molecule has 0 unspecified atom stereocenters. The van der Waals surface area contributed by atoms with Gasteiger partial charge >= 0.3 is 0 Å². The number of rotatable bonds is 5. The molecule has 10 aromatic carbocycles. The third-order valence-corrected chi connectivity index (χ3v) is 10.6. The second-order valence-electron chi connectivity index (χ2n) is 13.6. The van der Waals surface area contributed by atoms with Crippen LogP contribution in [0.4, 0.5) is 0 Å². The normalized spacial score (nSPS) is 11.5. The average molecular weight is 659 g/mol. The molecule has 0 atom stereocenters. The lowest BCUT2D eigenvalue weighted by atomic mass is 9.85. The standard InChI is InChI=1S/C52H34/c1-3-13-35(14-4-1)36-25-27-39(28-26-36)51-46-19-7-9-21-48(46)52(49-22-10-8-20-47(49)51)43-32-30-40-33-42(31-29-41(40)34-43)45-24-12-18-38-17-11-23-44(50(38)45)37-15-5-2-6-16-37/h1-34H. The van der Waals surface area contributed by atoms with Crippen LogP contribution in [0, 0.1) is 0 Å². The summed E-state index contributed by atoms with van der Waals surface area (Å²) in [6.07, 6.45) is 0. The zero-order valence-corrected chi connectivity index (χ0v) is 28.6. The van der Waals surface area contributed by atoms with E-state index in [1.807, 2.05) is 0 Å². The van der Waals surface area contributed by atoms with Gasteiger partial charge in [-0.05, 0) is 111 Å². The average Bonchev–Trinajstić information content (AvgIpc) is 3.22. The lowest BCUT2D eigenvalue weighted by molar-refractivity contribution is 1.61. The van der Waals surface area contributed by atoms with Crippen molar-refractivity contribution in [1.82, 2.24) is 0 Å². The molecule has 0 nitrogen and oxygen atoms in total. The largest absolute Gasteiger partial charge is 0.0622 e. The fourth-order valence-electron chi connectivity index (χ4n) is 8.22. The first kappa shape index (κ1) is 30.1. The monoisotopic (exact) mass is 658 g/mol. The van der Waals surface area contributed by atoms with Gasteiger partial charge in [0.05, 0.1) is 0 Å². The van der Waals surface area contributed by atoms with Crippen molar-refractivity contribution in [3.8, 4) is 55.6 Å². The maximum absolute atomic E-state index is 2.38. The van der Waals surface area contributed by atoms with E-state index < -0.39 is 0 Å². The third kappa shape index (κ3) is 5.08. The molecule has 10 rings (SSSR count). The van der Waals surface area contributed by atoms with E-state index in [1.54, 1.807) is 0 Å². The SMILES string of the molecule is c1ccc(-c2ccc(-c3c4ccccc4c(-c4ccc5cc(-c6cccc7cccc(-c8ccccc8)c67)ccc5c4)c4ccccc34)cc2)cc1. The van der Waals surface area contributed by atoms with Crippen LogP contribution >= 0.6 is 0 Å². The Morgan fingerprint density at radius 2 is 0.615 bits per heavy atom. The Bertz CT molecular complexity index is 2860. The first-order chi connectivity index (χ1) is 25.8. The quantitative estimate of drug-likeness (QED) is 0.161. The Morgan fingerprint density at radius 3 is 1.19 bits per heavy atom. The number of hydrogen-bond donors (Lipinski definition) is 0. The summed E-state index contributed by atoms with van der Waals surface area (Å²) in [5.41, 5.74) is 12.5. The lowest BCUT2D eigenvalue weighted by Crippen LogP contribution is -1.91. The molecule has 0 amide bonds. The Kier molecular flexibility index (Phi) is 7.25. The van der Waals surface area contributed by atoms with Gasteiger partial charge in [-0.2, -0.15) is 0 Å². The van der Waals surface area contributed by atoms with Crippen LogP contribution in [0.1, 0.15) is 0 Å². The van der Waals surface area contributed by atoms with Gasteiger partial charge in [0.2, 0.25) is 0 Å². The van der Waals surface area contributed by atoms with E-state index in [0.717, 1.165) is 0 Å². The maximum Gasteiger partial charge on any atom is -0.00262 e. The summed E-state index contributed by atoms with van der Waals surface area (Å²) < 4.78 is 0. The van der Waals surface area contributed by atoms with Crippen molar-refractivity contribution in [2.24, 2.45) is 0 Å². The predicted octanol–water partition coefficient (Wildman–Crippen LogP) is 14.6. The molecule has 0 aromatic heterocycles. The highest BCUT2D eigenvalue weighted by molar-refractivity contribution is 6.22. The van der Waals surface area contributed by atoms with Gasteiger partial charge in [0.25, 0.3) is 0 Å². The second kappa shape index (κ2) is 12.5. The molecule has 0 fully saturated rings. The van der Waals surface area contributed by atoms with Crippen molar-refractivity contribution in [3.05, 3.63) is 206 Å². The highest BCUT2D eigenvalue weighted by Crippen LogP contribution is 2.45. The molecule has 0 radical (unpaired) electrons. The van der Waals surface area contributed by atoms with Gasteiger partial charge in [0, 0.05) is 0 Å². The fraction of sp³-hybridized carbons (Fsp3) is 0. The molecule has 0 N–H and O–H groups in total. The van der Waals surface area contributed by atoms with Crippen LogP contribution in [0.3, 0.4) is 0 Å². The molecule has 0 saturated carbocycles. The molecule has 0 aliphatic carbocycles.